The fraction of sp³-hybridized carbons (Fsp3) is 0.643. The highest BCUT2D eigenvalue weighted by atomic mass is 15.0. The second kappa shape index (κ2) is 4.96. The van der Waals surface area contributed by atoms with Crippen LogP contribution in [0.1, 0.15) is 50.8 Å². The van der Waals surface area contributed by atoms with Crippen molar-refractivity contribution >= 4 is 0 Å². The van der Waals surface area contributed by atoms with E-state index in [1.165, 1.54) is 30.4 Å². The fourth-order valence-corrected chi connectivity index (χ4v) is 2.31. The average Bonchev–Trinajstić information content (AvgIpc) is 2.29. The summed E-state index contributed by atoms with van der Waals surface area (Å²) >= 11 is 0. The summed E-state index contributed by atoms with van der Waals surface area (Å²) in [7, 11) is 0. The third-order valence-electron chi connectivity index (χ3n) is 3.72. The van der Waals surface area contributed by atoms with Gasteiger partial charge >= 0.3 is 0 Å². The number of hydrogen-bond acceptors (Lipinski definition) is 2. The van der Waals surface area contributed by atoms with Crippen LogP contribution in [0.25, 0.3) is 0 Å². The van der Waals surface area contributed by atoms with Crippen LogP contribution in [0, 0.1) is 5.92 Å². The van der Waals surface area contributed by atoms with E-state index in [2.05, 4.69) is 37.1 Å². The van der Waals surface area contributed by atoms with Crippen molar-refractivity contribution in [3.8, 4) is 0 Å². The number of hydrogen-bond donors (Lipinski definition) is 1. The molecule has 2 heteroatoms. The van der Waals surface area contributed by atoms with Crippen LogP contribution in [0.2, 0.25) is 0 Å². The van der Waals surface area contributed by atoms with Gasteiger partial charge in [-0.25, -0.2) is 0 Å². The standard InChI is InChI=1S/C14H22N2/c1-10(2)11(3)16-14-6-4-5-12-7-8-15-9-13(12)14/h7-11,14,16H,4-6H2,1-3H3. The Morgan fingerprint density at radius 1 is 1.38 bits per heavy atom. The third-order valence-corrected chi connectivity index (χ3v) is 3.72. The van der Waals surface area contributed by atoms with Crippen LogP contribution in [-0.2, 0) is 6.42 Å². The largest absolute Gasteiger partial charge is 0.307 e. The summed E-state index contributed by atoms with van der Waals surface area (Å²) in [4.78, 5) is 4.26. The Morgan fingerprint density at radius 2 is 2.19 bits per heavy atom. The summed E-state index contributed by atoms with van der Waals surface area (Å²) in [5.41, 5.74) is 2.90. The van der Waals surface area contributed by atoms with Crippen molar-refractivity contribution in [2.45, 2.75) is 52.1 Å². The Hall–Kier alpha value is -0.890. The van der Waals surface area contributed by atoms with Gasteiger partial charge in [0.2, 0.25) is 0 Å². The molecule has 0 amide bonds. The lowest BCUT2D eigenvalue weighted by Gasteiger charge is -2.30. The molecule has 0 aromatic carbocycles. The van der Waals surface area contributed by atoms with Crippen LogP contribution >= 0.6 is 0 Å². The van der Waals surface area contributed by atoms with E-state index in [1.54, 1.807) is 0 Å². The van der Waals surface area contributed by atoms with E-state index in [1.807, 2.05) is 12.4 Å². The van der Waals surface area contributed by atoms with Crippen molar-refractivity contribution in [2.75, 3.05) is 0 Å². The van der Waals surface area contributed by atoms with Gasteiger partial charge in [0.25, 0.3) is 0 Å². The molecule has 1 aromatic rings. The minimum atomic E-state index is 0.509. The Bertz CT molecular complexity index is 346. The first-order chi connectivity index (χ1) is 7.68. The summed E-state index contributed by atoms with van der Waals surface area (Å²) in [6.45, 7) is 6.81. The van der Waals surface area contributed by atoms with Crippen molar-refractivity contribution in [2.24, 2.45) is 5.92 Å². The second-order valence-electron chi connectivity index (χ2n) is 5.22. The minimum absolute atomic E-state index is 0.509. The SMILES string of the molecule is CC(C)C(C)NC1CCCc2ccncc21. The molecule has 0 fully saturated rings. The van der Waals surface area contributed by atoms with Gasteiger partial charge in [0.05, 0.1) is 0 Å². The summed E-state index contributed by atoms with van der Waals surface area (Å²) in [5, 5.41) is 3.73. The van der Waals surface area contributed by atoms with Gasteiger partial charge in [-0.2, -0.15) is 0 Å². The van der Waals surface area contributed by atoms with Gasteiger partial charge in [-0.15, -0.1) is 0 Å². The molecule has 1 heterocycles. The molecular weight excluding hydrogens is 196 g/mol. The highest BCUT2D eigenvalue weighted by molar-refractivity contribution is 5.29. The average molecular weight is 218 g/mol. The summed E-state index contributed by atoms with van der Waals surface area (Å²) in [6, 6.07) is 3.24. The molecule has 1 aliphatic rings. The molecule has 16 heavy (non-hydrogen) atoms. The maximum absolute atomic E-state index is 4.26. The van der Waals surface area contributed by atoms with Gasteiger partial charge in [0.1, 0.15) is 0 Å². The van der Waals surface area contributed by atoms with Crippen molar-refractivity contribution in [3.05, 3.63) is 29.6 Å². The Balaban J connectivity index is 2.13. The Morgan fingerprint density at radius 3 is 2.94 bits per heavy atom. The van der Waals surface area contributed by atoms with E-state index in [-0.39, 0.29) is 0 Å². The highest BCUT2D eigenvalue weighted by Gasteiger charge is 2.22. The van der Waals surface area contributed by atoms with E-state index >= 15 is 0 Å². The molecule has 0 radical (unpaired) electrons. The van der Waals surface area contributed by atoms with Gasteiger partial charge in [-0.3, -0.25) is 4.98 Å². The first kappa shape index (κ1) is 11.6. The highest BCUT2D eigenvalue weighted by Crippen LogP contribution is 2.29. The van der Waals surface area contributed by atoms with Gasteiger partial charge in [0.15, 0.2) is 0 Å². The molecule has 1 N–H and O–H groups in total. The van der Waals surface area contributed by atoms with E-state index in [0.29, 0.717) is 18.0 Å². The number of fused-ring (bicyclic) bond motifs is 1. The number of aryl methyl sites for hydroxylation is 1. The lowest BCUT2D eigenvalue weighted by atomic mass is 9.88. The second-order valence-corrected chi connectivity index (χ2v) is 5.22. The number of nitrogens with zero attached hydrogens (tertiary/aromatic N) is 1. The van der Waals surface area contributed by atoms with E-state index < -0.39 is 0 Å². The van der Waals surface area contributed by atoms with Gasteiger partial charge < -0.3 is 5.32 Å². The third kappa shape index (κ3) is 2.43. The van der Waals surface area contributed by atoms with Gasteiger partial charge in [0, 0.05) is 24.5 Å². The molecule has 1 aromatic heterocycles. The lowest BCUT2D eigenvalue weighted by molar-refractivity contribution is 0.350. The molecule has 2 nitrogen and oxygen atoms in total. The zero-order chi connectivity index (χ0) is 11.5. The van der Waals surface area contributed by atoms with Crippen molar-refractivity contribution < 1.29 is 0 Å². The predicted molar refractivity (Wildman–Crippen MR) is 67.4 cm³/mol. The van der Waals surface area contributed by atoms with Crippen molar-refractivity contribution in [3.63, 3.8) is 0 Å². The Labute approximate surface area is 98.5 Å². The molecule has 0 aliphatic heterocycles. The summed E-state index contributed by atoms with van der Waals surface area (Å²) in [5.74, 6) is 0.682. The van der Waals surface area contributed by atoms with Gasteiger partial charge in [-0.05, 0) is 49.3 Å². The molecule has 0 bridgehead atoms. The van der Waals surface area contributed by atoms with E-state index in [9.17, 15) is 0 Å². The predicted octanol–water partition coefficient (Wildman–Crippen LogP) is 3.09. The maximum Gasteiger partial charge on any atom is 0.0340 e. The molecular formula is C14H22N2. The molecule has 88 valence electrons. The number of pyridine rings is 1. The minimum Gasteiger partial charge on any atom is -0.307 e. The number of nitrogens with one attached hydrogen (secondary N) is 1. The molecule has 0 spiro atoms. The first-order valence-corrected chi connectivity index (χ1v) is 6.37. The van der Waals surface area contributed by atoms with Crippen LogP contribution in [0.15, 0.2) is 18.5 Å². The summed E-state index contributed by atoms with van der Waals surface area (Å²) < 4.78 is 0. The topological polar surface area (TPSA) is 24.9 Å². The van der Waals surface area contributed by atoms with Crippen LogP contribution in [0.4, 0.5) is 0 Å². The Kier molecular flexibility index (Phi) is 3.59. The zero-order valence-electron chi connectivity index (χ0n) is 10.5. The molecule has 2 rings (SSSR count). The zero-order valence-corrected chi connectivity index (χ0v) is 10.5. The molecule has 2 unspecified atom stereocenters. The lowest BCUT2D eigenvalue weighted by Crippen LogP contribution is -2.36. The quantitative estimate of drug-likeness (QED) is 0.843. The van der Waals surface area contributed by atoms with E-state index in [0.717, 1.165) is 0 Å². The van der Waals surface area contributed by atoms with Crippen LogP contribution < -0.4 is 5.32 Å². The fourth-order valence-electron chi connectivity index (χ4n) is 2.31. The van der Waals surface area contributed by atoms with Crippen LogP contribution in [0.3, 0.4) is 0 Å². The van der Waals surface area contributed by atoms with Crippen molar-refractivity contribution in [1.29, 1.82) is 0 Å². The van der Waals surface area contributed by atoms with Gasteiger partial charge in [-0.1, -0.05) is 13.8 Å². The number of aromatic nitrogens is 1. The molecule has 2 atom stereocenters. The van der Waals surface area contributed by atoms with Crippen molar-refractivity contribution in [1.82, 2.24) is 10.3 Å². The van der Waals surface area contributed by atoms with Crippen LogP contribution in [0.5, 0.6) is 0 Å². The van der Waals surface area contributed by atoms with E-state index in [4.69, 9.17) is 0 Å². The smallest absolute Gasteiger partial charge is 0.0340 e. The number of rotatable bonds is 3. The monoisotopic (exact) mass is 218 g/mol. The normalized spacial score (nSPS) is 21.9. The molecule has 0 saturated heterocycles. The first-order valence-electron chi connectivity index (χ1n) is 6.37. The molecule has 0 saturated carbocycles. The molecule has 1 aliphatic carbocycles. The summed E-state index contributed by atoms with van der Waals surface area (Å²) in [6.07, 6.45) is 7.70. The maximum atomic E-state index is 4.26. The van der Waals surface area contributed by atoms with Crippen LogP contribution in [-0.4, -0.2) is 11.0 Å².